The SMILES string of the molecule is CC(C)OCC(O)CSc1ccc(C(=O)O)cn1. The Morgan fingerprint density at radius 2 is 2.22 bits per heavy atom. The van der Waals surface area contributed by atoms with Crippen LogP contribution in [0.25, 0.3) is 0 Å². The van der Waals surface area contributed by atoms with E-state index >= 15 is 0 Å². The Kier molecular flexibility index (Phi) is 6.11. The average molecular weight is 271 g/mol. The first kappa shape index (κ1) is 14.9. The lowest BCUT2D eigenvalue weighted by atomic mass is 10.3. The van der Waals surface area contributed by atoms with E-state index in [0.717, 1.165) is 0 Å². The minimum Gasteiger partial charge on any atom is -0.478 e. The number of aliphatic hydroxyl groups excluding tert-OH is 1. The molecule has 1 heterocycles. The molecule has 0 radical (unpaired) electrons. The second-order valence-electron chi connectivity index (χ2n) is 4.04. The fourth-order valence-electron chi connectivity index (χ4n) is 1.13. The first-order chi connectivity index (χ1) is 8.49. The number of pyridine rings is 1. The third-order valence-electron chi connectivity index (χ3n) is 2.03. The van der Waals surface area contributed by atoms with Crippen molar-refractivity contribution in [2.45, 2.75) is 31.1 Å². The van der Waals surface area contributed by atoms with Crippen molar-refractivity contribution in [1.82, 2.24) is 4.98 Å². The molecule has 0 aliphatic heterocycles. The minimum absolute atomic E-state index is 0.0950. The van der Waals surface area contributed by atoms with Crippen LogP contribution in [0.5, 0.6) is 0 Å². The maximum Gasteiger partial charge on any atom is 0.337 e. The van der Waals surface area contributed by atoms with Crippen molar-refractivity contribution in [3.05, 3.63) is 23.9 Å². The van der Waals surface area contributed by atoms with Crippen molar-refractivity contribution in [3.8, 4) is 0 Å². The summed E-state index contributed by atoms with van der Waals surface area (Å²) in [6.45, 7) is 4.11. The summed E-state index contributed by atoms with van der Waals surface area (Å²) in [5.74, 6) is -0.531. The molecular formula is C12H17NO4S. The van der Waals surface area contributed by atoms with Gasteiger partial charge in [0, 0.05) is 11.9 Å². The van der Waals surface area contributed by atoms with Crippen LogP contribution in [0.3, 0.4) is 0 Å². The van der Waals surface area contributed by atoms with Gasteiger partial charge in [0.15, 0.2) is 0 Å². The summed E-state index contributed by atoms with van der Waals surface area (Å²) in [7, 11) is 0. The molecule has 6 heteroatoms. The molecular weight excluding hydrogens is 254 g/mol. The zero-order valence-electron chi connectivity index (χ0n) is 10.4. The van der Waals surface area contributed by atoms with E-state index in [1.807, 2.05) is 13.8 Å². The van der Waals surface area contributed by atoms with Gasteiger partial charge < -0.3 is 14.9 Å². The van der Waals surface area contributed by atoms with Crippen molar-refractivity contribution < 1.29 is 19.7 Å². The molecule has 0 aromatic carbocycles. The Labute approximate surface area is 110 Å². The molecule has 1 unspecified atom stereocenters. The van der Waals surface area contributed by atoms with Gasteiger partial charge in [-0.3, -0.25) is 0 Å². The Balaban J connectivity index is 2.36. The van der Waals surface area contributed by atoms with Crippen LogP contribution in [0, 0.1) is 0 Å². The maximum atomic E-state index is 10.6. The van der Waals surface area contributed by atoms with Crippen molar-refractivity contribution >= 4 is 17.7 Å². The number of thioether (sulfide) groups is 1. The van der Waals surface area contributed by atoms with Gasteiger partial charge in [-0.15, -0.1) is 11.8 Å². The molecule has 0 bridgehead atoms. The van der Waals surface area contributed by atoms with Gasteiger partial charge in [0.05, 0.1) is 29.4 Å². The van der Waals surface area contributed by atoms with E-state index in [1.54, 1.807) is 6.07 Å². The number of rotatable bonds is 7. The second-order valence-corrected chi connectivity index (χ2v) is 5.08. The molecule has 0 amide bonds. The summed E-state index contributed by atoms with van der Waals surface area (Å²) in [5.41, 5.74) is 0.156. The zero-order valence-corrected chi connectivity index (χ0v) is 11.2. The minimum atomic E-state index is -0.996. The number of ether oxygens (including phenoxy) is 1. The zero-order chi connectivity index (χ0) is 13.5. The largest absolute Gasteiger partial charge is 0.478 e. The number of aromatic nitrogens is 1. The van der Waals surface area contributed by atoms with Crippen LogP contribution < -0.4 is 0 Å². The number of aromatic carboxylic acids is 1. The predicted octanol–water partition coefficient (Wildman–Crippen LogP) is 1.66. The molecule has 1 aromatic heterocycles. The molecule has 0 aliphatic carbocycles. The van der Waals surface area contributed by atoms with Crippen LogP contribution in [0.2, 0.25) is 0 Å². The maximum absolute atomic E-state index is 10.6. The highest BCUT2D eigenvalue weighted by Crippen LogP contribution is 2.16. The molecule has 0 saturated heterocycles. The van der Waals surface area contributed by atoms with Crippen LogP contribution in [0.1, 0.15) is 24.2 Å². The number of nitrogens with zero attached hydrogens (tertiary/aromatic N) is 1. The Morgan fingerprint density at radius 3 is 2.72 bits per heavy atom. The van der Waals surface area contributed by atoms with Gasteiger partial charge in [-0.05, 0) is 26.0 Å². The number of carbonyl (C=O) groups is 1. The van der Waals surface area contributed by atoms with Crippen LogP contribution in [0.15, 0.2) is 23.4 Å². The number of carboxylic acids is 1. The molecule has 0 spiro atoms. The molecule has 0 saturated carbocycles. The van der Waals surface area contributed by atoms with Gasteiger partial charge in [-0.25, -0.2) is 9.78 Å². The summed E-state index contributed by atoms with van der Waals surface area (Å²) in [6.07, 6.45) is 0.845. The van der Waals surface area contributed by atoms with E-state index in [0.29, 0.717) is 10.8 Å². The van der Waals surface area contributed by atoms with E-state index in [2.05, 4.69) is 4.98 Å². The standard InChI is InChI=1S/C12H17NO4S/c1-8(2)17-6-10(14)7-18-11-4-3-9(5-13-11)12(15)16/h3-5,8,10,14H,6-7H2,1-2H3,(H,15,16). The Morgan fingerprint density at radius 1 is 1.50 bits per heavy atom. The molecule has 2 N–H and O–H groups in total. The summed E-state index contributed by atoms with van der Waals surface area (Å²) >= 11 is 1.37. The van der Waals surface area contributed by atoms with Gasteiger partial charge in [0.1, 0.15) is 0 Å². The van der Waals surface area contributed by atoms with E-state index in [9.17, 15) is 9.90 Å². The number of aliphatic hydroxyl groups is 1. The highest BCUT2D eigenvalue weighted by Gasteiger charge is 2.08. The lowest BCUT2D eigenvalue weighted by molar-refractivity contribution is 0.0152. The summed E-state index contributed by atoms with van der Waals surface area (Å²) < 4.78 is 5.28. The molecule has 18 heavy (non-hydrogen) atoms. The van der Waals surface area contributed by atoms with E-state index in [1.165, 1.54) is 24.0 Å². The number of carboxylic acid groups (broad SMARTS) is 1. The smallest absolute Gasteiger partial charge is 0.337 e. The molecule has 1 rings (SSSR count). The summed E-state index contributed by atoms with van der Waals surface area (Å²) in [4.78, 5) is 14.6. The van der Waals surface area contributed by atoms with Crippen molar-refractivity contribution in [2.75, 3.05) is 12.4 Å². The van der Waals surface area contributed by atoms with Crippen molar-refractivity contribution in [2.24, 2.45) is 0 Å². The molecule has 5 nitrogen and oxygen atoms in total. The third kappa shape index (κ3) is 5.48. The lowest BCUT2D eigenvalue weighted by Crippen LogP contribution is -2.20. The number of hydrogen-bond acceptors (Lipinski definition) is 5. The first-order valence-corrected chi connectivity index (χ1v) is 6.59. The van der Waals surface area contributed by atoms with E-state index in [4.69, 9.17) is 9.84 Å². The summed E-state index contributed by atoms with van der Waals surface area (Å²) in [6, 6.07) is 3.12. The van der Waals surface area contributed by atoms with Gasteiger partial charge in [-0.2, -0.15) is 0 Å². The highest BCUT2D eigenvalue weighted by atomic mass is 32.2. The van der Waals surface area contributed by atoms with Gasteiger partial charge >= 0.3 is 5.97 Å². The third-order valence-corrected chi connectivity index (χ3v) is 3.12. The lowest BCUT2D eigenvalue weighted by Gasteiger charge is -2.12. The van der Waals surface area contributed by atoms with Gasteiger partial charge in [0.25, 0.3) is 0 Å². The van der Waals surface area contributed by atoms with Gasteiger partial charge in [-0.1, -0.05) is 0 Å². The predicted molar refractivity (Wildman–Crippen MR) is 69.0 cm³/mol. The molecule has 1 aromatic rings. The fourth-order valence-corrected chi connectivity index (χ4v) is 1.88. The molecule has 0 fully saturated rings. The topological polar surface area (TPSA) is 79.7 Å². The summed E-state index contributed by atoms with van der Waals surface area (Å²) in [5, 5.41) is 19.0. The molecule has 1 atom stereocenters. The van der Waals surface area contributed by atoms with Crippen molar-refractivity contribution in [1.29, 1.82) is 0 Å². The van der Waals surface area contributed by atoms with E-state index in [-0.39, 0.29) is 18.3 Å². The van der Waals surface area contributed by atoms with Crippen LogP contribution in [0.4, 0.5) is 0 Å². The molecule has 100 valence electrons. The Bertz CT molecular complexity index is 380. The quantitative estimate of drug-likeness (QED) is 0.734. The first-order valence-electron chi connectivity index (χ1n) is 5.61. The average Bonchev–Trinajstić information content (AvgIpc) is 2.34. The number of hydrogen-bond donors (Lipinski definition) is 2. The van der Waals surface area contributed by atoms with Gasteiger partial charge in [0.2, 0.25) is 0 Å². The van der Waals surface area contributed by atoms with Crippen LogP contribution >= 0.6 is 11.8 Å². The normalized spacial score (nSPS) is 12.7. The Hall–Kier alpha value is -1.11. The van der Waals surface area contributed by atoms with Crippen molar-refractivity contribution in [3.63, 3.8) is 0 Å². The molecule has 0 aliphatic rings. The monoisotopic (exact) mass is 271 g/mol. The van der Waals surface area contributed by atoms with Crippen LogP contribution in [-0.4, -0.2) is 45.7 Å². The van der Waals surface area contributed by atoms with Crippen LogP contribution in [-0.2, 0) is 4.74 Å². The second kappa shape index (κ2) is 7.35. The van der Waals surface area contributed by atoms with E-state index < -0.39 is 12.1 Å². The highest BCUT2D eigenvalue weighted by molar-refractivity contribution is 7.99. The fraction of sp³-hybridized carbons (Fsp3) is 0.500.